The molecule has 0 bridgehead atoms. The normalized spacial score (nSPS) is 15.9. The van der Waals surface area contributed by atoms with E-state index in [0.717, 1.165) is 44.1 Å². The quantitative estimate of drug-likeness (QED) is 0.729. The Morgan fingerprint density at radius 1 is 0.926 bits per heavy atom. The number of aromatic nitrogens is 2. The SMILES string of the molecule is CCN1CCN(Cc2ccc(NCc3ccc4ncccc4c3)nc2)CC1. The van der Waals surface area contributed by atoms with Gasteiger partial charge in [-0.3, -0.25) is 9.88 Å². The molecule has 0 amide bonds. The number of piperazine rings is 1. The van der Waals surface area contributed by atoms with Crippen LogP contribution in [0.4, 0.5) is 5.82 Å². The van der Waals surface area contributed by atoms with Crippen LogP contribution >= 0.6 is 0 Å². The van der Waals surface area contributed by atoms with Crippen molar-refractivity contribution < 1.29 is 0 Å². The maximum Gasteiger partial charge on any atom is 0.126 e. The van der Waals surface area contributed by atoms with Gasteiger partial charge in [0.2, 0.25) is 0 Å². The first-order valence-electron chi connectivity index (χ1n) is 9.77. The number of fused-ring (bicyclic) bond motifs is 1. The van der Waals surface area contributed by atoms with Crippen LogP contribution in [-0.4, -0.2) is 52.5 Å². The van der Waals surface area contributed by atoms with Gasteiger partial charge in [0.25, 0.3) is 0 Å². The van der Waals surface area contributed by atoms with Crippen molar-refractivity contribution in [2.75, 3.05) is 38.0 Å². The number of rotatable bonds is 6. The third-order valence-corrected chi connectivity index (χ3v) is 5.28. The van der Waals surface area contributed by atoms with Crippen LogP contribution in [0.2, 0.25) is 0 Å². The summed E-state index contributed by atoms with van der Waals surface area (Å²) in [6, 6.07) is 14.7. The molecule has 0 atom stereocenters. The summed E-state index contributed by atoms with van der Waals surface area (Å²) in [5, 5.41) is 4.59. The van der Waals surface area contributed by atoms with Crippen LogP contribution in [0.15, 0.2) is 54.9 Å². The molecule has 0 aliphatic carbocycles. The van der Waals surface area contributed by atoms with E-state index >= 15 is 0 Å². The van der Waals surface area contributed by atoms with Gasteiger partial charge in [-0.05, 0) is 41.9 Å². The summed E-state index contributed by atoms with van der Waals surface area (Å²) in [5.74, 6) is 0.917. The third-order valence-electron chi connectivity index (χ3n) is 5.28. The highest BCUT2D eigenvalue weighted by atomic mass is 15.3. The van der Waals surface area contributed by atoms with Crippen LogP contribution in [-0.2, 0) is 13.1 Å². The lowest BCUT2D eigenvalue weighted by Crippen LogP contribution is -2.45. The molecular formula is C22H27N5. The van der Waals surface area contributed by atoms with Gasteiger partial charge < -0.3 is 10.2 Å². The average Bonchev–Trinajstić information content (AvgIpc) is 2.74. The number of anilines is 1. The first kappa shape index (κ1) is 17.9. The molecule has 0 saturated carbocycles. The zero-order valence-electron chi connectivity index (χ0n) is 15.9. The van der Waals surface area contributed by atoms with Crippen molar-refractivity contribution in [3.63, 3.8) is 0 Å². The summed E-state index contributed by atoms with van der Waals surface area (Å²) in [6.45, 7) is 9.77. The largest absolute Gasteiger partial charge is 0.366 e. The fourth-order valence-corrected chi connectivity index (χ4v) is 3.57. The standard InChI is InChI=1S/C22H27N5/c1-2-26-10-12-27(13-11-26)17-19-6-8-22(25-16-19)24-15-18-5-7-21-20(14-18)4-3-9-23-21/h3-9,14,16H,2,10-13,15,17H2,1H3,(H,24,25). The molecule has 0 spiro atoms. The van der Waals surface area contributed by atoms with Gasteiger partial charge in [0, 0.05) is 57.0 Å². The highest BCUT2D eigenvalue weighted by Crippen LogP contribution is 2.15. The molecule has 140 valence electrons. The van der Waals surface area contributed by atoms with Gasteiger partial charge in [-0.15, -0.1) is 0 Å². The van der Waals surface area contributed by atoms with Crippen LogP contribution in [0.3, 0.4) is 0 Å². The van der Waals surface area contributed by atoms with Crippen molar-refractivity contribution in [2.24, 2.45) is 0 Å². The van der Waals surface area contributed by atoms with Gasteiger partial charge in [-0.25, -0.2) is 4.98 Å². The number of benzene rings is 1. The molecule has 1 saturated heterocycles. The van der Waals surface area contributed by atoms with Crippen LogP contribution in [0.5, 0.6) is 0 Å². The molecule has 3 aromatic rings. The van der Waals surface area contributed by atoms with Gasteiger partial charge in [0.1, 0.15) is 5.82 Å². The number of hydrogen-bond acceptors (Lipinski definition) is 5. The summed E-state index contributed by atoms with van der Waals surface area (Å²) in [7, 11) is 0. The predicted octanol–water partition coefficient (Wildman–Crippen LogP) is 3.38. The van der Waals surface area contributed by atoms with Crippen molar-refractivity contribution in [3.05, 3.63) is 66.0 Å². The van der Waals surface area contributed by atoms with E-state index < -0.39 is 0 Å². The highest BCUT2D eigenvalue weighted by molar-refractivity contribution is 5.78. The first-order valence-corrected chi connectivity index (χ1v) is 9.77. The number of pyridine rings is 2. The van der Waals surface area contributed by atoms with E-state index in [2.05, 4.69) is 68.4 Å². The minimum atomic E-state index is 0.760. The molecule has 5 nitrogen and oxygen atoms in total. The Bertz CT molecular complexity index is 869. The van der Waals surface area contributed by atoms with E-state index in [9.17, 15) is 0 Å². The van der Waals surface area contributed by atoms with Crippen molar-refractivity contribution >= 4 is 16.7 Å². The Morgan fingerprint density at radius 3 is 2.52 bits per heavy atom. The fraction of sp³-hybridized carbons (Fsp3) is 0.364. The zero-order chi connectivity index (χ0) is 18.5. The smallest absolute Gasteiger partial charge is 0.126 e. The van der Waals surface area contributed by atoms with Gasteiger partial charge >= 0.3 is 0 Å². The molecule has 4 rings (SSSR count). The van der Waals surface area contributed by atoms with E-state index in [1.165, 1.54) is 29.6 Å². The van der Waals surface area contributed by atoms with E-state index in [1.807, 2.05) is 18.5 Å². The summed E-state index contributed by atoms with van der Waals surface area (Å²) in [4.78, 5) is 14.0. The van der Waals surface area contributed by atoms with Gasteiger partial charge in [-0.1, -0.05) is 25.1 Å². The van der Waals surface area contributed by atoms with Crippen LogP contribution < -0.4 is 5.32 Å². The molecule has 0 radical (unpaired) electrons. The second-order valence-electron chi connectivity index (χ2n) is 7.15. The number of nitrogens with one attached hydrogen (secondary N) is 1. The topological polar surface area (TPSA) is 44.3 Å². The number of nitrogens with zero attached hydrogens (tertiary/aromatic N) is 4. The summed E-state index contributed by atoms with van der Waals surface area (Å²) < 4.78 is 0. The van der Waals surface area contributed by atoms with E-state index in [1.54, 1.807) is 0 Å². The van der Waals surface area contributed by atoms with E-state index in [-0.39, 0.29) is 0 Å². The average molecular weight is 361 g/mol. The van der Waals surface area contributed by atoms with Gasteiger partial charge in [0.05, 0.1) is 5.52 Å². The molecule has 3 heterocycles. The minimum absolute atomic E-state index is 0.760. The lowest BCUT2D eigenvalue weighted by Gasteiger charge is -2.33. The van der Waals surface area contributed by atoms with Gasteiger partial charge in [-0.2, -0.15) is 0 Å². The third kappa shape index (κ3) is 4.62. The highest BCUT2D eigenvalue weighted by Gasteiger charge is 2.15. The number of hydrogen-bond donors (Lipinski definition) is 1. The van der Waals surface area contributed by atoms with Crippen molar-refractivity contribution in [1.29, 1.82) is 0 Å². The van der Waals surface area contributed by atoms with Crippen molar-refractivity contribution in [1.82, 2.24) is 19.8 Å². The maximum atomic E-state index is 4.59. The molecular weight excluding hydrogens is 334 g/mol. The lowest BCUT2D eigenvalue weighted by atomic mass is 10.1. The minimum Gasteiger partial charge on any atom is -0.366 e. The summed E-state index contributed by atoms with van der Waals surface area (Å²) >= 11 is 0. The molecule has 1 aliphatic rings. The molecule has 2 aromatic heterocycles. The maximum absolute atomic E-state index is 4.59. The summed E-state index contributed by atoms with van der Waals surface area (Å²) in [5.41, 5.74) is 3.54. The Hall–Kier alpha value is -2.50. The van der Waals surface area contributed by atoms with Crippen LogP contribution in [0.25, 0.3) is 10.9 Å². The fourth-order valence-electron chi connectivity index (χ4n) is 3.57. The Kier molecular flexibility index (Phi) is 5.61. The summed E-state index contributed by atoms with van der Waals surface area (Å²) in [6.07, 6.45) is 3.83. The van der Waals surface area contributed by atoms with Gasteiger partial charge in [0.15, 0.2) is 0 Å². The molecule has 0 unspecified atom stereocenters. The monoisotopic (exact) mass is 361 g/mol. The second-order valence-corrected chi connectivity index (χ2v) is 7.15. The predicted molar refractivity (Wildman–Crippen MR) is 111 cm³/mol. The zero-order valence-corrected chi connectivity index (χ0v) is 15.9. The first-order chi connectivity index (χ1) is 13.3. The molecule has 1 aliphatic heterocycles. The Labute approximate surface area is 161 Å². The molecule has 1 aromatic carbocycles. The Balaban J connectivity index is 1.31. The Morgan fingerprint density at radius 2 is 1.74 bits per heavy atom. The number of likely N-dealkylation sites (N-methyl/N-ethyl adjacent to an activating group) is 1. The van der Waals surface area contributed by atoms with Crippen molar-refractivity contribution in [2.45, 2.75) is 20.0 Å². The molecule has 27 heavy (non-hydrogen) atoms. The molecule has 1 fully saturated rings. The molecule has 5 heteroatoms. The van der Waals surface area contributed by atoms with Crippen LogP contribution in [0, 0.1) is 0 Å². The van der Waals surface area contributed by atoms with Crippen LogP contribution in [0.1, 0.15) is 18.1 Å². The van der Waals surface area contributed by atoms with Crippen molar-refractivity contribution in [3.8, 4) is 0 Å². The van der Waals surface area contributed by atoms with E-state index in [0.29, 0.717) is 0 Å². The molecule has 1 N–H and O–H groups in total. The van der Waals surface area contributed by atoms with E-state index in [4.69, 9.17) is 0 Å². The second kappa shape index (κ2) is 8.46. The lowest BCUT2D eigenvalue weighted by molar-refractivity contribution is 0.132.